The molecule has 1 aliphatic heterocycles. The summed E-state index contributed by atoms with van der Waals surface area (Å²) in [5.41, 5.74) is 1.75. The highest BCUT2D eigenvalue weighted by atomic mass is 16.2. The van der Waals surface area contributed by atoms with E-state index in [0.29, 0.717) is 5.69 Å². The van der Waals surface area contributed by atoms with Crippen molar-refractivity contribution in [1.29, 1.82) is 0 Å². The molecule has 0 bridgehead atoms. The van der Waals surface area contributed by atoms with E-state index < -0.39 is 23.4 Å². The van der Waals surface area contributed by atoms with Gasteiger partial charge in [0, 0.05) is 5.69 Å². The number of nitrogens with one attached hydrogen (secondary N) is 2. The Hall–Kier alpha value is -3.15. The predicted molar refractivity (Wildman–Crippen MR) is 94.8 cm³/mol. The number of carbonyl (C=O) groups excluding carboxylic acids is 3. The molecule has 2 aromatic carbocycles. The lowest BCUT2D eigenvalue weighted by atomic mass is 10.1. The molecule has 4 amide bonds. The molecule has 6 nitrogen and oxygen atoms in total. The Balaban J connectivity index is 1.64. The number of carbonyl (C=O) groups is 3. The topological polar surface area (TPSA) is 78.5 Å². The third-order valence-corrected chi connectivity index (χ3v) is 4.02. The lowest BCUT2D eigenvalue weighted by molar-refractivity contribution is -0.132. The van der Waals surface area contributed by atoms with Crippen LogP contribution in [0.25, 0.3) is 11.1 Å². The van der Waals surface area contributed by atoms with Gasteiger partial charge in [-0.1, -0.05) is 42.5 Å². The zero-order valence-corrected chi connectivity index (χ0v) is 14.1. The molecule has 1 aliphatic rings. The average Bonchev–Trinajstić information content (AvgIpc) is 2.78. The highest BCUT2D eigenvalue weighted by Gasteiger charge is 2.44. The molecule has 0 aliphatic carbocycles. The molecule has 2 aromatic rings. The standard InChI is InChI=1S/C19H19N3O3/c1-19(2)17(24)22(18(25)21-19)12-16(23)20-15-10-8-14(9-11-15)13-6-4-3-5-7-13/h3-11H,12H2,1-2H3,(H,20,23)(H,21,25). The van der Waals surface area contributed by atoms with Gasteiger partial charge in [-0.25, -0.2) is 4.79 Å². The Bertz CT molecular complexity index is 814. The van der Waals surface area contributed by atoms with Crippen molar-refractivity contribution in [3.05, 3.63) is 54.6 Å². The fraction of sp³-hybridized carbons (Fsp3) is 0.211. The molecule has 0 spiro atoms. The number of hydrogen-bond acceptors (Lipinski definition) is 3. The van der Waals surface area contributed by atoms with Crippen molar-refractivity contribution in [1.82, 2.24) is 10.2 Å². The second-order valence-corrected chi connectivity index (χ2v) is 6.44. The number of rotatable bonds is 4. The first kappa shape index (κ1) is 16.7. The van der Waals surface area contributed by atoms with Crippen molar-refractivity contribution in [3.8, 4) is 11.1 Å². The Morgan fingerprint density at radius 2 is 1.60 bits per heavy atom. The van der Waals surface area contributed by atoms with Crippen LogP contribution < -0.4 is 10.6 Å². The molecule has 1 heterocycles. The SMILES string of the molecule is CC1(C)NC(=O)N(CC(=O)Nc2ccc(-c3ccccc3)cc2)C1=O. The van der Waals surface area contributed by atoms with E-state index in [4.69, 9.17) is 0 Å². The minimum atomic E-state index is -0.977. The van der Waals surface area contributed by atoms with Crippen molar-refractivity contribution in [2.75, 3.05) is 11.9 Å². The second kappa shape index (κ2) is 6.39. The van der Waals surface area contributed by atoms with Crippen molar-refractivity contribution in [3.63, 3.8) is 0 Å². The normalized spacial score (nSPS) is 15.8. The third-order valence-electron chi connectivity index (χ3n) is 4.02. The van der Waals surface area contributed by atoms with Crippen LogP contribution >= 0.6 is 0 Å². The Morgan fingerprint density at radius 1 is 1.00 bits per heavy atom. The van der Waals surface area contributed by atoms with Crippen LogP contribution in [-0.4, -0.2) is 34.8 Å². The monoisotopic (exact) mass is 337 g/mol. The van der Waals surface area contributed by atoms with Gasteiger partial charge in [-0.3, -0.25) is 14.5 Å². The molecular formula is C19H19N3O3. The number of nitrogens with zero attached hydrogens (tertiary/aromatic N) is 1. The number of anilines is 1. The molecule has 0 saturated carbocycles. The lowest BCUT2D eigenvalue weighted by Crippen LogP contribution is -2.41. The summed E-state index contributed by atoms with van der Waals surface area (Å²) in [5, 5.41) is 5.25. The van der Waals surface area contributed by atoms with E-state index in [-0.39, 0.29) is 6.54 Å². The van der Waals surface area contributed by atoms with Gasteiger partial charge in [0.2, 0.25) is 5.91 Å². The summed E-state index contributed by atoms with van der Waals surface area (Å²) in [4.78, 5) is 37.0. The summed E-state index contributed by atoms with van der Waals surface area (Å²) in [6, 6.07) is 16.7. The van der Waals surface area contributed by atoms with E-state index in [1.807, 2.05) is 42.5 Å². The van der Waals surface area contributed by atoms with Crippen LogP contribution in [0.4, 0.5) is 10.5 Å². The van der Waals surface area contributed by atoms with E-state index in [0.717, 1.165) is 16.0 Å². The van der Waals surface area contributed by atoms with Crippen LogP contribution in [0.3, 0.4) is 0 Å². The zero-order chi connectivity index (χ0) is 18.0. The fourth-order valence-corrected chi connectivity index (χ4v) is 2.68. The number of imide groups is 1. The van der Waals surface area contributed by atoms with Gasteiger partial charge in [0.15, 0.2) is 0 Å². The summed E-state index contributed by atoms with van der Waals surface area (Å²) < 4.78 is 0. The first-order valence-corrected chi connectivity index (χ1v) is 7.96. The molecule has 0 radical (unpaired) electrons. The molecule has 1 fully saturated rings. The van der Waals surface area contributed by atoms with Crippen molar-refractivity contribution >= 4 is 23.5 Å². The van der Waals surface area contributed by atoms with Gasteiger partial charge in [-0.15, -0.1) is 0 Å². The first-order chi connectivity index (χ1) is 11.9. The van der Waals surface area contributed by atoms with Gasteiger partial charge in [-0.2, -0.15) is 0 Å². The van der Waals surface area contributed by atoms with Gasteiger partial charge in [0.05, 0.1) is 0 Å². The number of urea groups is 1. The molecule has 2 N–H and O–H groups in total. The lowest BCUT2D eigenvalue weighted by Gasteiger charge is -2.15. The van der Waals surface area contributed by atoms with Crippen LogP contribution in [-0.2, 0) is 9.59 Å². The predicted octanol–water partition coefficient (Wildman–Crippen LogP) is 2.62. The van der Waals surface area contributed by atoms with E-state index in [1.165, 1.54) is 0 Å². The van der Waals surface area contributed by atoms with E-state index in [9.17, 15) is 14.4 Å². The van der Waals surface area contributed by atoms with Crippen molar-refractivity contribution in [2.24, 2.45) is 0 Å². The second-order valence-electron chi connectivity index (χ2n) is 6.44. The molecule has 25 heavy (non-hydrogen) atoms. The largest absolute Gasteiger partial charge is 0.325 e. The average molecular weight is 337 g/mol. The highest BCUT2D eigenvalue weighted by Crippen LogP contribution is 2.21. The van der Waals surface area contributed by atoms with Gasteiger partial charge in [0.25, 0.3) is 5.91 Å². The van der Waals surface area contributed by atoms with Crippen molar-refractivity contribution in [2.45, 2.75) is 19.4 Å². The van der Waals surface area contributed by atoms with Gasteiger partial charge >= 0.3 is 6.03 Å². The van der Waals surface area contributed by atoms with E-state index in [1.54, 1.807) is 26.0 Å². The summed E-state index contributed by atoms with van der Waals surface area (Å²) >= 11 is 0. The highest BCUT2D eigenvalue weighted by molar-refractivity contribution is 6.09. The van der Waals surface area contributed by atoms with Crippen LogP contribution in [0.5, 0.6) is 0 Å². The fourth-order valence-electron chi connectivity index (χ4n) is 2.68. The molecule has 3 rings (SSSR count). The summed E-state index contributed by atoms with van der Waals surface area (Å²) in [6.45, 7) is 2.90. The minimum absolute atomic E-state index is 0.311. The molecule has 0 aromatic heterocycles. The van der Waals surface area contributed by atoms with Gasteiger partial charge in [-0.05, 0) is 37.1 Å². The molecule has 128 valence electrons. The first-order valence-electron chi connectivity index (χ1n) is 7.96. The molecule has 0 unspecified atom stereocenters. The number of benzene rings is 2. The Labute approximate surface area is 145 Å². The van der Waals surface area contributed by atoms with Gasteiger partial charge in [0.1, 0.15) is 12.1 Å². The minimum Gasteiger partial charge on any atom is -0.325 e. The van der Waals surface area contributed by atoms with Crippen molar-refractivity contribution < 1.29 is 14.4 Å². The number of hydrogen-bond donors (Lipinski definition) is 2. The molecule has 6 heteroatoms. The maximum atomic E-state index is 12.1. The maximum Gasteiger partial charge on any atom is 0.325 e. The summed E-state index contributed by atoms with van der Waals surface area (Å²) in [5.74, 6) is -0.833. The maximum absolute atomic E-state index is 12.1. The van der Waals surface area contributed by atoms with Crippen LogP contribution in [0, 0.1) is 0 Å². The quantitative estimate of drug-likeness (QED) is 0.842. The molecular weight excluding hydrogens is 318 g/mol. The van der Waals surface area contributed by atoms with Crippen LogP contribution in [0.1, 0.15) is 13.8 Å². The van der Waals surface area contributed by atoms with E-state index >= 15 is 0 Å². The van der Waals surface area contributed by atoms with E-state index in [2.05, 4.69) is 10.6 Å². The summed E-state index contributed by atoms with van der Waals surface area (Å²) in [6.07, 6.45) is 0. The summed E-state index contributed by atoms with van der Waals surface area (Å²) in [7, 11) is 0. The van der Waals surface area contributed by atoms with Crippen LogP contribution in [0.15, 0.2) is 54.6 Å². The zero-order valence-electron chi connectivity index (χ0n) is 14.1. The van der Waals surface area contributed by atoms with Gasteiger partial charge < -0.3 is 10.6 Å². The number of amides is 4. The molecule has 1 saturated heterocycles. The molecule has 0 atom stereocenters. The Kier molecular flexibility index (Phi) is 4.27. The third kappa shape index (κ3) is 3.52. The smallest absolute Gasteiger partial charge is 0.325 e. The van der Waals surface area contributed by atoms with Crippen LogP contribution in [0.2, 0.25) is 0 Å². The Morgan fingerprint density at radius 3 is 2.16 bits per heavy atom.